The van der Waals surface area contributed by atoms with Crippen molar-refractivity contribution in [2.24, 2.45) is 0 Å². The van der Waals surface area contributed by atoms with Gasteiger partial charge in [-0.15, -0.1) is 11.3 Å². The maximum absolute atomic E-state index is 12.5. The van der Waals surface area contributed by atoms with Crippen molar-refractivity contribution in [1.82, 2.24) is 10.4 Å². The molecule has 0 aliphatic carbocycles. The molecule has 3 heterocycles. The van der Waals surface area contributed by atoms with Crippen molar-refractivity contribution >= 4 is 57.5 Å². The predicted molar refractivity (Wildman–Crippen MR) is 99.4 cm³/mol. The van der Waals surface area contributed by atoms with Gasteiger partial charge in [0.25, 0.3) is 11.8 Å². The van der Waals surface area contributed by atoms with E-state index in [1.165, 1.54) is 11.3 Å². The topological polar surface area (TPSA) is 67.9 Å². The van der Waals surface area contributed by atoms with Crippen LogP contribution in [-0.4, -0.2) is 27.9 Å². The zero-order valence-corrected chi connectivity index (χ0v) is 15.0. The molecule has 0 unspecified atom stereocenters. The van der Waals surface area contributed by atoms with Crippen molar-refractivity contribution in [2.75, 3.05) is 6.79 Å². The summed E-state index contributed by atoms with van der Waals surface area (Å²) in [7, 11) is 0. The molecule has 2 aliphatic heterocycles. The van der Waals surface area contributed by atoms with Gasteiger partial charge in [0.2, 0.25) is 6.79 Å². The van der Waals surface area contributed by atoms with Crippen molar-refractivity contribution in [1.29, 1.82) is 0 Å². The van der Waals surface area contributed by atoms with Gasteiger partial charge in [-0.3, -0.25) is 15.0 Å². The fourth-order valence-corrected chi connectivity index (χ4v) is 4.08. The van der Waals surface area contributed by atoms with Crippen LogP contribution in [0.4, 0.5) is 0 Å². The molecule has 1 N–H and O–H groups in total. The molecule has 0 bridgehead atoms. The monoisotopic (exact) mass is 390 g/mol. The molecule has 2 aliphatic rings. The Kier molecular flexibility index (Phi) is 4.20. The molecule has 1 saturated heterocycles. The second kappa shape index (κ2) is 6.51. The average Bonchev–Trinajstić information content (AvgIpc) is 3.32. The van der Waals surface area contributed by atoms with Gasteiger partial charge in [-0.1, -0.05) is 23.9 Å². The number of rotatable bonds is 3. The Balaban J connectivity index is 1.53. The van der Waals surface area contributed by atoms with Gasteiger partial charge in [-0.25, -0.2) is 0 Å². The number of fused-ring (bicyclic) bond motifs is 1. The first-order valence-corrected chi connectivity index (χ1v) is 9.24. The molecule has 0 spiro atoms. The van der Waals surface area contributed by atoms with Gasteiger partial charge in [0.05, 0.1) is 9.78 Å². The lowest BCUT2D eigenvalue weighted by Crippen LogP contribution is -2.44. The highest BCUT2D eigenvalue weighted by atomic mass is 32.2. The van der Waals surface area contributed by atoms with E-state index in [0.29, 0.717) is 21.3 Å². The van der Waals surface area contributed by atoms with Gasteiger partial charge < -0.3 is 9.47 Å². The number of benzene rings is 1. The van der Waals surface area contributed by atoms with E-state index < -0.39 is 0 Å². The van der Waals surface area contributed by atoms with Crippen LogP contribution in [0.25, 0.3) is 6.08 Å². The van der Waals surface area contributed by atoms with E-state index in [1.54, 1.807) is 35.7 Å². The SMILES string of the molecule is O=C(NN1C(=O)/C(=C\c2ccc3c(c2)OCO3)SC1=S)c1cccs1. The first kappa shape index (κ1) is 16.1. The molecular formula is C16H10N2O4S3. The molecule has 25 heavy (non-hydrogen) atoms. The average molecular weight is 390 g/mol. The second-order valence-corrected chi connectivity index (χ2v) is 7.67. The molecule has 0 atom stereocenters. The standard InChI is InChI=1S/C16H10N2O4S3/c19-14(12-2-1-5-24-12)17-18-15(20)13(25-16(18)23)7-9-3-4-10-11(6-9)22-8-21-10/h1-7H,8H2,(H,17,19)/b13-7+. The summed E-state index contributed by atoms with van der Waals surface area (Å²) < 4.78 is 10.9. The van der Waals surface area contributed by atoms with Gasteiger partial charge in [0.15, 0.2) is 15.8 Å². The summed E-state index contributed by atoms with van der Waals surface area (Å²) in [4.78, 5) is 25.6. The van der Waals surface area contributed by atoms with E-state index in [9.17, 15) is 9.59 Å². The first-order valence-electron chi connectivity index (χ1n) is 7.14. The lowest BCUT2D eigenvalue weighted by Gasteiger charge is -2.14. The Morgan fingerprint density at radius 2 is 2.12 bits per heavy atom. The van der Waals surface area contributed by atoms with E-state index in [4.69, 9.17) is 21.7 Å². The number of nitrogens with one attached hydrogen (secondary N) is 1. The number of thiophene rings is 1. The number of hydrazine groups is 1. The summed E-state index contributed by atoms with van der Waals surface area (Å²) in [6.07, 6.45) is 1.71. The number of hydrogen-bond acceptors (Lipinski definition) is 7. The van der Waals surface area contributed by atoms with Crippen LogP contribution in [0.3, 0.4) is 0 Å². The van der Waals surface area contributed by atoms with Crippen molar-refractivity contribution < 1.29 is 19.1 Å². The molecule has 126 valence electrons. The number of carbonyl (C=O) groups excluding carboxylic acids is 2. The van der Waals surface area contributed by atoms with Crippen LogP contribution in [0.5, 0.6) is 11.5 Å². The summed E-state index contributed by atoms with van der Waals surface area (Å²) in [6.45, 7) is 0.190. The van der Waals surface area contributed by atoms with Crippen LogP contribution in [0.15, 0.2) is 40.6 Å². The Hall–Kier alpha value is -2.36. The van der Waals surface area contributed by atoms with E-state index in [2.05, 4.69) is 5.43 Å². The molecular weight excluding hydrogens is 380 g/mol. The summed E-state index contributed by atoms with van der Waals surface area (Å²) in [6, 6.07) is 8.85. The van der Waals surface area contributed by atoms with Gasteiger partial charge >= 0.3 is 0 Å². The molecule has 9 heteroatoms. The van der Waals surface area contributed by atoms with Crippen LogP contribution < -0.4 is 14.9 Å². The molecule has 1 aromatic heterocycles. The highest BCUT2D eigenvalue weighted by Crippen LogP contribution is 2.36. The molecule has 4 rings (SSSR count). The molecule has 0 radical (unpaired) electrons. The van der Waals surface area contributed by atoms with E-state index in [0.717, 1.165) is 22.3 Å². The summed E-state index contributed by atoms with van der Waals surface area (Å²) in [5.41, 5.74) is 3.33. The maximum Gasteiger partial charge on any atom is 0.285 e. The lowest BCUT2D eigenvalue weighted by molar-refractivity contribution is -0.123. The van der Waals surface area contributed by atoms with E-state index in [-0.39, 0.29) is 22.9 Å². The smallest absolute Gasteiger partial charge is 0.285 e. The number of nitrogens with zero attached hydrogens (tertiary/aromatic N) is 1. The van der Waals surface area contributed by atoms with Crippen LogP contribution in [-0.2, 0) is 4.79 Å². The Morgan fingerprint density at radius 1 is 1.28 bits per heavy atom. The number of amides is 2. The number of hydrogen-bond donors (Lipinski definition) is 1. The van der Waals surface area contributed by atoms with Gasteiger partial charge in [0, 0.05) is 0 Å². The normalized spacial score (nSPS) is 17.4. The van der Waals surface area contributed by atoms with Crippen LogP contribution in [0.1, 0.15) is 15.2 Å². The first-order chi connectivity index (χ1) is 12.1. The molecule has 1 aromatic carbocycles. The van der Waals surface area contributed by atoms with Crippen molar-refractivity contribution in [3.8, 4) is 11.5 Å². The molecule has 0 saturated carbocycles. The quantitative estimate of drug-likeness (QED) is 0.642. The third-order valence-corrected chi connectivity index (χ3v) is 5.62. The third-order valence-electron chi connectivity index (χ3n) is 3.45. The molecule has 6 nitrogen and oxygen atoms in total. The maximum atomic E-state index is 12.5. The largest absolute Gasteiger partial charge is 0.454 e. The minimum Gasteiger partial charge on any atom is -0.454 e. The van der Waals surface area contributed by atoms with Crippen molar-refractivity contribution in [2.45, 2.75) is 0 Å². The summed E-state index contributed by atoms with van der Waals surface area (Å²) in [5, 5.41) is 2.89. The highest BCUT2D eigenvalue weighted by molar-refractivity contribution is 8.26. The Labute approximate surface area is 156 Å². The molecule has 2 amide bonds. The fraction of sp³-hybridized carbons (Fsp3) is 0.0625. The Morgan fingerprint density at radius 3 is 2.92 bits per heavy atom. The van der Waals surface area contributed by atoms with Crippen LogP contribution in [0, 0.1) is 0 Å². The fourth-order valence-electron chi connectivity index (χ4n) is 2.28. The zero-order valence-electron chi connectivity index (χ0n) is 12.6. The number of carbonyl (C=O) groups is 2. The van der Waals surface area contributed by atoms with Gasteiger partial charge in [0.1, 0.15) is 0 Å². The zero-order chi connectivity index (χ0) is 17.4. The third kappa shape index (κ3) is 3.13. The van der Waals surface area contributed by atoms with Crippen LogP contribution in [0.2, 0.25) is 0 Å². The minimum absolute atomic E-state index is 0.190. The van der Waals surface area contributed by atoms with Crippen molar-refractivity contribution in [3.63, 3.8) is 0 Å². The molecule has 1 fully saturated rings. The summed E-state index contributed by atoms with van der Waals surface area (Å²) >= 11 is 7.64. The molecule has 2 aromatic rings. The number of thiocarbonyl (C=S) groups is 1. The van der Waals surface area contributed by atoms with Gasteiger partial charge in [-0.05, 0) is 47.4 Å². The van der Waals surface area contributed by atoms with Crippen LogP contribution >= 0.6 is 35.3 Å². The highest BCUT2D eigenvalue weighted by Gasteiger charge is 2.34. The lowest BCUT2D eigenvalue weighted by atomic mass is 10.2. The Bertz CT molecular complexity index is 908. The van der Waals surface area contributed by atoms with E-state index >= 15 is 0 Å². The number of thioether (sulfide) groups is 1. The van der Waals surface area contributed by atoms with Gasteiger partial charge in [-0.2, -0.15) is 5.01 Å². The van der Waals surface area contributed by atoms with Crippen molar-refractivity contribution in [3.05, 3.63) is 51.1 Å². The number of ether oxygens (including phenoxy) is 2. The predicted octanol–water partition coefficient (Wildman–Crippen LogP) is 3.02. The minimum atomic E-state index is -0.365. The second-order valence-electron chi connectivity index (χ2n) is 5.05. The van der Waals surface area contributed by atoms with E-state index in [1.807, 2.05) is 6.07 Å². The summed E-state index contributed by atoms with van der Waals surface area (Å²) in [5.74, 6) is 0.580.